The fourth-order valence-electron chi connectivity index (χ4n) is 3.20. The van der Waals surface area contributed by atoms with Gasteiger partial charge in [-0.25, -0.2) is 9.78 Å². The van der Waals surface area contributed by atoms with Gasteiger partial charge in [0, 0.05) is 24.0 Å². The summed E-state index contributed by atoms with van der Waals surface area (Å²) in [5.41, 5.74) is 3.02. The van der Waals surface area contributed by atoms with Crippen LogP contribution in [0.4, 0.5) is 16.2 Å². The van der Waals surface area contributed by atoms with Gasteiger partial charge in [0.2, 0.25) is 0 Å². The number of nitrogens with one attached hydrogen (secondary N) is 2. The quantitative estimate of drug-likeness (QED) is 0.477. The van der Waals surface area contributed by atoms with Crippen LogP contribution in [-0.2, 0) is 6.61 Å². The van der Waals surface area contributed by atoms with Crippen molar-refractivity contribution in [2.75, 3.05) is 17.7 Å². The fraction of sp³-hybridized carbons (Fsp3) is 0.125. The van der Waals surface area contributed by atoms with Crippen LogP contribution in [0, 0.1) is 6.92 Å². The van der Waals surface area contributed by atoms with Crippen molar-refractivity contribution in [2.24, 2.45) is 0 Å². The molecule has 4 aromatic rings. The van der Waals surface area contributed by atoms with Crippen LogP contribution in [0.15, 0.2) is 77.7 Å². The van der Waals surface area contributed by atoms with Crippen molar-refractivity contribution in [1.29, 1.82) is 0 Å². The highest BCUT2D eigenvalue weighted by Gasteiger charge is 2.09. The first kappa shape index (κ1) is 20.9. The molecule has 0 fully saturated rings. The summed E-state index contributed by atoms with van der Waals surface area (Å²) in [7, 11) is 1.55. The number of benzene rings is 2. The third kappa shape index (κ3) is 4.86. The second-order valence-electron chi connectivity index (χ2n) is 7.11. The number of ether oxygens (including phenoxy) is 2. The normalized spacial score (nSPS) is 10.6. The van der Waals surface area contributed by atoms with E-state index in [2.05, 4.69) is 15.6 Å². The lowest BCUT2D eigenvalue weighted by Crippen LogP contribution is -2.20. The number of carbonyl (C=O) groups is 1. The molecule has 2 aromatic heterocycles. The Balaban J connectivity index is 1.42. The average Bonchev–Trinajstić information content (AvgIpc) is 2.78. The number of carbonyl (C=O) groups excluding carboxylic acids is 1. The molecule has 2 amide bonds. The number of urea groups is 1. The van der Waals surface area contributed by atoms with E-state index in [9.17, 15) is 9.59 Å². The van der Waals surface area contributed by atoms with Gasteiger partial charge >= 0.3 is 6.03 Å². The summed E-state index contributed by atoms with van der Waals surface area (Å²) in [6.45, 7) is 2.05. The van der Waals surface area contributed by atoms with Gasteiger partial charge in [-0.3, -0.25) is 9.20 Å². The summed E-state index contributed by atoms with van der Waals surface area (Å²) in [4.78, 5) is 29.1. The van der Waals surface area contributed by atoms with Crippen LogP contribution >= 0.6 is 0 Å². The van der Waals surface area contributed by atoms with E-state index in [1.54, 1.807) is 55.8 Å². The maximum Gasteiger partial charge on any atom is 0.323 e. The van der Waals surface area contributed by atoms with Crippen molar-refractivity contribution in [3.63, 3.8) is 0 Å². The number of anilines is 2. The monoisotopic (exact) mass is 430 g/mol. The Morgan fingerprint density at radius 1 is 1.03 bits per heavy atom. The number of fused-ring (bicyclic) bond motifs is 1. The van der Waals surface area contributed by atoms with Crippen molar-refractivity contribution >= 4 is 23.1 Å². The standard InChI is InChI=1S/C24H22N4O4/c1-16-9-10-21(31-2)20(12-16)27-24(30)26-17-6-5-7-19(13-17)32-15-18-14-23(29)28-11-4-3-8-22(28)25-18/h3-14H,15H2,1-2H3,(H2,26,27,30). The third-order valence-electron chi connectivity index (χ3n) is 4.71. The number of hydrogen-bond acceptors (Lipinski definition) is 5. The van der Waals surface area contributed by atoms with Crippen LogP contribution in [0.1, 0.15) is 11.3 Å². The highest BCUT2D eigenvalue weighted by molar-refractivity contribution is 6.00. The van der Waals surface area contributed by atoms with E-state index in [0.717, 1.165) is 5.56 Å². The van der Waals surface area contributed by atoms with Crippen LogP contribution in [0.5, 0.6) is 11.5 Å². The topological polar surface area (TPSA) is 94.0 Å². The first-order chi connectivity index (χ1) is 15.5. The molecule has 8 nitrogen and oxygen atoms in total. The molecule has 2 N–H and O–H groups in total. The number of aromatic nitrogens is 2. The molecule has 0 spiro atoms. The largest absolute Gasteiger partial charge is 0.495 e. The van der Waals surface area contributed by atoms with E-state index in [-0.39, 0.29) is 12.2 Å². The van der Waals surface area contributed by atoms with Crippen molar-refractivity contribution in [2.45, 2.75) is 13.5 Å². The number of hydrogen-bond donors (Lipinski definition) is 2. The van der Waals surface area contributed by atoms with Gasteiger partial charge in [-0.15, -0.1) is 0 Å². The predicted octanol–water partition coefficient (Wildman–Crippen LogP) is 4.23. The number of pyridine rings is 1. The SMILES string of the molecule is COc1ccc(C)cc1NC(=O)Nc1cccc(OCc2cc(=O)n3ccccc3n2)c1. The summed E-state index contributed by atoms with van der Waals surface area (Å²) in [6.07, 6.45) is 1.67. The summed E-state index contributed by atoms with van der Waals surface area (Å²) >= 11 is 0. The summed E-state index contributed by atoms with van der Waals surface area (Å²) in [5.74, 6) is 1.10. The summed E-state index contributed by atoms with van der Waals surface area (Å²) in [6, 6.07) is 18.9. The Hall–Kier alpha value is -4.33. The van der Waals surface area contributed by atoms with Crippen molar-refractivity contribution in [3.8, 4) is 11.5 Å². The first-order valence-electron chi connectivity index (χ1n) is 9.95. The lowest BCUT2D eigenvalue weighted by molar-refractivity contribution is 0.262. The Labute approximate surface area is 184 Å². The average molecular weight is 430 g/mol. The third-order valence-corrected chi connectivity index (χ3v) is 4.71. The van der Waals surface area contributed by atoms with E-state index in [1.807, 2.05) is 25.1 Å². The van der Waals surface area contributed by atoms with Gasteiger partial charge in [0.15, 0.2) is 0 Å². The Morgan fingerprint density at radius 3 is 2.75 bits per heavy atom. The molecule has 0 aliphatic carbocycles. The molecule has 8 heteroatoms. The van der Waals surface area contributed by atoms with Gasteiger partial charge in [0.1, 0.15) is 23.8 Å². The van der Waals surface area contributed by atoms with E-state index in [0.29, 0.717) is 34.2 Å². The smallest absolute Gasteiger partial charge is 0.323 e. The predicted molar refractivity (Wildman–Crippen MR) is 123 cm³/mol. The van der Waals surface area contributed by atoms with Crippen molar-refractivity contribution < 1.29 is 14.3 Å². The number of nitrogens with zero attached hydrogens (tertiary/aromatic N) is 2. The number of amides is 2. The van der Waals surface area contributed by atoms with E-state index in [4.69, 9.17) is 9.47 Å². The van der Waals surface area contributed by atoms with Crippen LogP contribution in [0.25, 0.3) is 5.65 Å². The van der Waals surface area contributed by atoms with E-state index < -0.39 is 6.03 Å². The molecule has 0 aliphatic rings. The zero-order valence-electron chi connectivity index (χ0n) is 17.7. The highest BCUT2D eigenvalue weighted by atomic mass is 16.5. The molecule has 32 heavy (non-hydrogen) atoms. The van der Waals surface area contributed by atoms with Crippen LogP contribution in [0.3, 0.4) is 0 Å². The van der Waals surface area contributed by atoms with Crippen LogP contribution in [0.2, 0.25) is 0 Å². The lowest BCUT2D eigenvalue weighted by Gasteiger charge is -2.13. The molecule has 0 radical (unpaired) electrons. The van der Waals surface area contributed by atoms with Crippen molar-refractivity contribution in [1.82, 2.24) is 9.38 Å². The zero-order valence-corrected chi connectivity index (χ0v) is 17.7. The van der Waals surface area contributed by atoms with Gasteiger partial charge in [-0.1, -0.05) is 18.2 Å². The Kier molecular flexibility index (Phi) is 6.03. The number of methoxy groups -OCH3 is 1. The lowest BCUT2D eigenvalue weighted by atomic mass is 10.2. The zero-order chi connectivity index (χ0) is 22.5. The molecule has 0 saturated carbocycles. The minimum Gasteiger partial charge on any atom is -0.495 e. The van der Waals surface area contributed by atoms with Crippen LogP contribution < -0.4 is 25.7 Å². The molecular formula is C24H22N4O4. The summed E-state index contributed by atoms with van der Waals surface area (Å²) in [5, 5.41) is 5.57. The van der Waals surface area contributed by atoms with Gasteiger partial charge in [0.05, 0.1) is 18.5 Å². The molecular weight excluding hydrogens is 408 g/mol. The molecule has 0 unspecified atom stereocenters. The van der Waals surface area contributed by atoms with E-state index in [1.165, 1.54) is 10.5 Å². The minimum atomic E-state index is -0.407. The Bertz CT molecular complexity index is 1330. The Morgan fingerprint density at radius 2 is 1.91 bits per heavy atom. The van der Waals surface area contributed by atoms with Crippen LogP contribution in [-0.4, -0.2) is 22.5 Å². The molecule has 4 rings (SSSR count). The molecule has 0 aliphatic heterocycles. The van der Waals surface area contributed by atoms with Gasteiger partial charge in [0.25, 0.3) is 5.56 Å². The van der Waals surface area contributed by atoms with E-state index >= 15 is 0 Å². The first-order valence-corrected chi connectivity index (χ1v) is 9.95. The number of rotatable bonds is 6. The summed E-state index contributed by atoms with van der Waals surface area (Å²) < 4.78 is 12.5. The molecule has 0 bridgehead atoms. The molecule has 0 saturated heterocycles. The minimum absolute atomic E-state index is 0.122. The number of aryl methyl sites for hydroxylation is 1. The molecule has 162 valence electrons. The van der Waals surface area contributed by atoms with Gasteiger partial charge in [-0.05, 0) is 48.9 Å². The highest BCUT2D eigenvalue weighted by Crippen LogP contribution is 2.25. The molecule has 2 heterocycles. The maximum atomic E-state index is 12.4. The maximum absolute atomic E-state index is 12.4. The second kappa shape index (κ2) is 9.22. The van der Waals surface area contributed by atoms with Gasteiger partial charge in [-0.2, -0.15) is 0 Å². The van der Waals surface area contributed by atoms with Gasteiger partial charge < -0.3 is 20.1 Å². The fourth-order valence-corrected chi connectivity index (χ4v) is 3.20. The second-order valence-corrected chi connectivity index (χ2v) is 7.11. The van der Waals surface area contributed by atoms with Crippen molar-refractivity contribution in [3.05, 3.63) is 94.5 Å². The molecule has 0 atom stereocenters. The molecule has 2 aromatic carbocycles.